The molecule has 0 aromatic carbocycles. The first kappa shape index (κ1) is 7.21. The molecule has 0 atom stereocenters. The lowest BCUT2D eigenvalue weighted by atomic mass is 10.2. The first-order chi connectivity index (χ1) is 5.81. The molecule has 1 fully saturated rings. The van der Waals surface area contributed by atoms with Gasteiger partial charge in [-0.25, -0.2) is 0 Å². The van der Waals surface area contributed by atoms with Crippen molar-refractivity contribution < 1.29 is 14.1 Å². The smallest absolute Gasteiger partial charge is 0.199 e. The van der Waals surface area contributed by atoms with E-state index in [0.717, 1.165) is 12.8 Å². The molecule has 1 aliphatic rings. The molecule has 1 saturated carbocycles. The van der Waals surface area contributed by atoms with E-state index in [1.165, 1.54) is 6.07 Å². The van der Waals surface area contributed by atoms with Crippen LogP contribution >= 0.6 is 0 Å². The highest BCUT2D eigenvalue weighted by molar-refractivity contribution is 5.98. The van der Waals surface area contributed by atoms with Crippen LogP contribution in [0.3, 0.4) is 0 Å². The van der Waals surface area contributed by atoms with E-state index in [1.807, 2.05) is 0 Å². The van der Waals surface area contributed by atoms with Crippen LogP contribution in [0, 0.1) is 5.92 Å². The zero-order valence-corrected chi connectivity index (χ0v) is 6.32. The second-order valence-electron chi connectivity index (χ2n) is 2.87. The molecular weight excluding hydrogens is 158 g/mol. The molecule has 62 valence electrons. The number of aromatic nitrogens is 1. The minimum atomic E-state index is -0.00755. The summed E-state index contributed by atoms with van der Waals surface area (Å²) in [6.07, 6.45) is 2.40. The third-order valence-corrected chi connectivity index (χ3v) is 1.85. The number of nitrogens with zero attached hydrogens (tertiary/aromatic N) is 1. The standard InChI is InChI=1S/C8H7NO3/c10-4-6-3-7(9-12-6)8(11)5-1-2-5/h3-5H,1-2H2. The first-order valence-corrected chi connectivity index (χ1v) is 3.77. The van der Waals surface area contributed by atoms with Crippen molar-refractivity contribution in [3.8, 4) is 0 Å². The Morgan fingerprint density at radius 3 is 2.92 bits per heavy atom. The van der Waals surface area contributed by atoms with E-state index in [2.05, 4.69) is 9.68 Å². The monoisotopic (exact) mass is 165 g/mol. The molecule has 0 amide bonds. The van der Waals surface area contributed by atoms with E-state index < -0.39 is 0 Å². The van der Waals surface area contributed by atoms with Gasteiger partial charge in [0, 0.05) is 12.0 Å². The van der Waals surface area contributed by atoms with Gasteiger partial charge < -0.3 is 4.52 Å². The number of Topliss-reactive ketones (excluding diaryl/α,β-unsaturated/α-hetero) is 1. The van der Waals surface area contributed by atoms with Crippen molar-refractivity contribution in [2.75, 3.05) is 0 Å². The molecule has 1 aromatic rings. The van der Waals surface area contributed by atoms with E-state index in [9.17, 15) is 9.59 Å². The number of carbonyl (C=O) groups is 2. The van der Waals surface area contributed by atoms with Gasteiger partial charge in [-0.1, -0.05) is 5.16 Å². The Morgan fingerprint density at radius 1 is 1.67 bits per heavy atom. The summed E-state index contributed by atoms with van der Waals surface area (Å²) in [4.78, 5) is 21.5. The molecule has 0 saturated heterocycles. The van der Waals surface area contributed by atoms with Crippen molar-refractivity contribution >= 4 is 12.1 Å². The van der Waals surface area contributed by atoms with E-state index in [4.69, 9.17) is 0 Å². The molecule has 1 heterocycles. The average Bonchev–Trinajstić information content (AvgIpc) is 2.82. The maximum atomic E-state index is 11.3. The summed E-state index contributed by atoms with van der Waals surface area (Å²) in [6, 6.07) is 1.38. The minimum absolute atomic E-state index is 0.00755. The van der Waals surface area contributed by atoms with Gasteiger partial charge in [0.15, 0.2) is 23.5 Å². The van der Waals surface area contributed by atoms with Crippen molar-refractivity contribution in [1.82, 2.24) is 5.16 Å². The van der Waals surface area contributed by atoms with Gasteiger partial charge in [0.2, 0.25) is 0 Å². The highest BCUT2D eigenvalue weighted by Crippen LogP contribution is 2.32. The lowest BCUT2D eigenvalue weighted by Crippen LogP contribution is -2.00. The summed E-state index contributed by atoms with van der Waals surface area (Å²) in [5, 5.41) is 3.49. The SMILES string of the molecule is O=Cc1cc(C(=O)C2CC2)no1. The summed E-state index contributed by atoms with van der Waals surface area (Å²) < 4.78 is 4.57. The molecule has 0 spiro atoms. The fraction of sp³-hybridized carbons (Fsp3) is 0.375. The number of ketones is 1. The van der Waals surface area contributed by atoms with Crippen LogP contribution in [0.25, 0.3) is 0 Å². The number of carbonyl (C=O) groups excluding carboxylic acids is 2. The van der Waals surface area contributed by atoms with E-state index in [-0.39, 0.29) is 23.2 Å². The van der Waals surface area contributed by atoms with Gasteiger partial charge in [0.05, 0.1) is 0 Å². The lowest BCUT2D eigenvalue weighted by Gasteiger charge is -1.86. The first-order valence-electron chi connectivity index (χ1n) is 3.77. The predicted molar refractivity (Wildman–Crippen MR) is 38.9 cm³/mol. The highest BCUT2D eigenvalue weighted by atomic mass is 16.5. The number of hydrogen-bond donors (Lipinski definition) is 0. The number of aldehydes is 1. The molecule has 12 heavy (non-hydrogen) atoms. The largest absolute Gasteiger partial charge is 0.353 e. The van der Waals surface area contributed by atoms with Gasteiger partial charge in [0.1, 0.15) is 0 Å². The van der Waals surface area contributed by atoms with Gasteiger partial charge in [-0.2, -0.15) is 0 Å². The van der Waals surface area contributed by atoms with Gasteiger partial charge in [-0.15, -0.1) is 0 Å². The molecule has 4 heteroatoms. The average molecular weight is 165 g/mol. The van der Waals surface area contributed by atoms with Crippen molar-refractivity contribution in [1.29, 1.82) is 0 Å². The van der Waals surface area contributed by atoms with Gasteiger partial charge in [-0.05, 0) is 12.8 Å². The second-order valence-corrected chi connectivity index (χ2v) is 2.87. The van der Waals surface area contributed by atoms with E-state index in [0.29, 0.717) is 6.29 Å². The topological polar surface area (TPSA) is 60.2 Å². The summed E-state index contributed by atoms with van der Waals surface area (Å²) in [5.41, 5.74) is 0.277. The van der Waals surface area contributed by atoms with Crippen LogP contribution in [-0.2, 0) is 0 Å². The summed E-state index contributed by atoms with van der Waals surface area (Å²) >= 11 is 0. The summed E-state index contributed by atoms with van der Waals surface area (Å²) in [6.45, 7) is 0. The second kappa shape index (κ2) is 2.55. The van der Waals surface area contributed by atoms with Crippen LogP contribution in [-0.4, -0.2) is 17.2 Å². The third-order valence-electron chi connectivity index (χ3n) is 1.85. The van der Waals surface area contributed by atoms with Crippen LogP contribution in [0.1, 0.15) is 33.9 Å². The highest BCUT2D eigenvalue weighted by Gasteiger charge is 2.32. The quantitative estimate of drug-likeness (QED) is 0.496. The molecule has 4 nitrogen and oxygen atoms in total. The normalized spacial score (nSPS) is 16.0. The van der Waals surface area contributed by atoms with Crippen LogP contribution in [0.5, 0.6) is 0 Å². The number of hydrogen-bond acceptors (Lipinski definition) is 4. The molecular formula is C8H7NO3. The molecule has 1 aromatic heterocycles. The van der Waals surface area contributed by atoms with E-state index in [1.54, 1.807) is 0 Å². The maximum Gasteiger partial charge on any atom is 0.199 e. The minimum Gasteiger partial charge on any atom is -0.353 e. The molecule has 0 unspecified atom stereocenters. The van der Waals surface area contributed by atoms with E-state index >= 15 is 0 Å². The maximum absolute atomic E-state index is 11.3. The Hall–Kier alpha value is -1.45. The van der Waals surface area contributed by atoms with Crippen LogP contribution in [0.15, 0.2) is 10.6 Å². The molecule has 0 N–H and O–H groups in total. The van der Waals surface area contributed by atoms with Gasteiger partial charge >= 0.3 is 0 Å². The Kier molecular flexibility index (Phi) is 1.53. The fourth-order valence-electron chi connectivity index (χ4n) is 1.02. The zero-order valence-electron chi connectivity index (χ0n) is 6.32. The van der Waals surface area contributed by atoms with Gasteiger partial charge in [-0.3, -0.25) is 9.59 Å². The van der Waals surface area contributed by atoms with Crippen molar-refractivity contribution in [2.24, 2.45) is 5.92 Å². The molecule has 1 aliphatic carbocycles. The van der Waals surface area contributed by atoms with Gasteiger partial charge in [0.25, 0.3) is 0 Å². The fourth-order valence-corrected chi connectivity index (χ4v) is 1.02. The molecule has 0 radical (unpaired) electrons. The Labute approximate surface area is 68.5 Å². The molecule has 2 rings (SSSR count). The predicted octanol–water partition coefficient (Wildman–Crippen LogP) is 1.08. The van der Waals surface area contributed by atoms with Crippen LogP contribution < -0.4 is 0 Å². The van der Waals surface area contributed by atoms with Crippen LogP contribution in [0.2, 0.25) is 0 Å². The summed E-state index contributed by atoms with van der Waals surface area (Å²) in [7, 11) is 0. The van der Waals surface area contributed by atoms with Crippen molar-refractivity contribution in [2.45, 2.75) is 12.8 Å². The Morgan fingerprint density at radius 2 is 2.42 bits per heavy atom. The van der Waals surface area contributed by atoms with Crippen molar-refractivity contribution in [3.05, 3.63) is 17.5 Å². The van der Waals surface area contributed by atoms with Crippen LogP contribution in [0.4, 0.5) is 0 Å². The molecule has 0 aliphatic heterocycles. The van der Waals surface area contributed by atoms with Crippen molar-refractivity contribution in [3.63, 3.8) is 0 Å². The Balaban J connectivity index is 2.21. The summed E-state index contributed by atoms with van der Waals surface area (Å²) in [5.74, 6) is 0.223. The number of rotatable bonds is 3. The third kappa shape index (κ3) is 1.15. The molecule has 0 bridgehead atoms. The lowest BCUT2D eigenvalue weighted by molar-refractivity contribution is 0.0957. The Bertz CT molecular complexity index is 325. The zero-order chi connectivity index (χ0) is 8.55.